The maximum Gasteiger partial charge on any atom is 0.205 e. The zero-order valence-corrected chi connectivity index (χ0v) is 12.4. The average Bonchev–Trinajstić information content (AvgIpc) is 2.91. The van der Waals surface area contributed by atoms with Gasteiger partial charge in [0.15, 0.2) is 0 Å². The fourth-order valence-electron chi connectivity index (χ4n) is 2.58. The summed E-state index contributed by atoms with van der Waals surface area (Å²) in [6.07, 6.45) is 3.87. The number of nitrogens with zero attached hydrogens (tertiary/aromatic N) is 2. The van der Waals surface area contributed by atoms with E-state index < -0.39 is 0 Å². The highest BCUT2D eigenvalue weighted by Crippen LogP contribution is 2.25. The second kappa shape index (κ2) is 6.49. The molecule has 1 heterocycles. The van der Waals surface area contributed by atoms with E-state index in [0.29, 0.717) is 18.0 Å². The van der Waals surface area contributed by atoms with Crippen molar-refractivity contribution in [2.75, 3.05) is 5.32 Å². The molecule has 112 valence electrons. The second-order valence-corrected chi connectivity index (χ2v) is 6.48. The molecule has 1 saturated carbocycles. The van der Waals surface area contributed by atoms with Gasteiger partial charge in [0.2, 0.25) is 5.13 Å². The van der Waals surface area contributed by atoms with Crippen LogP contribution in [0.3, 0.4) is 0 Å². The molecule has 21 heavy (non-hydrogen) atoms. The van der Waals surface area contributed by atoms with Gasteiger partial charge >= 0.3 is 0 Å². The molecule has 0 radical (unpaired) electrons. The molecule has 0 amide bonds. The van der Waals surface area contributed by atoms with Gasteiger partial charge < -0.3 is 10.4 Å². The van der Waals surface area contributed by atoms with Gasteiger partial charge in [-0.2, -0.15) is 0 Å². The van der Waals surface area contributed by atoms with Crippen molar-refractivity contribution in [3.8, 4) is 0 Å². The zero-order valence-electron chi connectivity index (χ0n) is 11.6. The molecule has 3 rings (SSSR count). The molecule has 4 nitrogen and oxygen atoms in total. The number of hydrogen-bond donors (Lipinski definition) is 2. The van der Waals surface area contributed by atoms with Gasteiger partial charge in [-0.1, -0.05) is 29.5 Å². The van der Waals surface area contributed by atoms with Crippen LogP contribution < -0.4 is 5.32 Å². The molecular weight excluding hydrogens is 289 g/mol. The van der Waals surface area contributed by atoms with Crippen LogP contribution in [0.1, 0.15) is 36.3 Å². The lowest BCUT2D eigenvalue weighted by molar-refractivity contribution is 0.126. The molecule has 0 saturated heterocycles. The van der Waals surface area contributed by atoms with Crippen LogP contribution in [-0.4, -0.2) is 27.4 Å². The normalized spacial score (nSPS) is 22.2. The minimum absolute atomic E-state index is 0.158. The van der Waals surface area contributed by atoms with Crippen LogP contribution in [0.4, 0.5) is 9.52 Å². The third kappa shape index (κ3) is 3.77. The maximum absolute atomic E-state index is 13.6. The van der Waals surface area contributed by atoms with Gasteiger partial charge in [0.05, 0.1) is 6.10 Å². The Morgan fingerprint density at radius 1 is 1.19 bits per heavy atom. The Labute approximate surface area is 127 Å². The van der Waals surface area contributed by atoms with Gasteiger partial charge in [-0.15, -0.1) is 10.2 Å². The number of aliphatic hydroxyl groups excluding tert-OH is 1. The van der Waals surface area contributed by atoms with Gasteiger partial charge in [-0.25, -0.2) is 4.39 Å². The van der Waals surface area contributed by atoms with E-state index >= 15 is 0 Å². The number of rotatable bonds is 4. The van der Waals surface area contributed by atoms with Crippen LogP contribution >= 0.6 is 11.3 Å². The summed E-state index contributed by atoms with van der Waals surface area (Å²) in [7, 11) is 0. The largest absolute Gasteiger partial charge is 0.393 e. The summed E-state index contributed by atoms with van der Waals surface area (Å²) in [4.78, 5) is 0. The molecule has 0 spiro atoms. The highest BCUT2D eigenvalue weighted by atomic mass is 32.1. The van der Waals surface area contributed by atoms with Crippen molar-refractivity contribution < 1.29 is 9.50 Å². The topological polar surface area (TPSA) is 58.0 Å². The quantitative estimate of drug-likeness (QED) is 0.912. The molecule has 1 aliphatic rings. The van der Waals surface area contributed by atoms with Crippen molar-refractivity contribution in [3.05, 3.63) is 40.7 Å². The molecule has 0 atom stereocenters. The maximum atomic E-state index is 13.6. The number of aromatic nitrogens is 2. The molecule has 2 aromatic rings. The van der Waals surface area contributed by atoms with E-state index in [9.17, 15) is 9.50 Å². The molecule has 1 aliphatic carbocycles. The Morgan fingerprint density at radius 3 is 2.71 bits per heavy atom. The van der Waals surface area contributed by atoms with Crippen molar-refractivity contribution in [3.63, 3.8) is 0 Å². The third-order valence-electron chi connectivity index (χ3n) is 3.79. The van der Waals surface area contributed by atoms with Crippen LogP contribution in [0.15, 0.2) is 24.3 Å². The Morgan fingerprint density at radius 2 is 1.95 bits per heavy atom. The second-order valence-electron chi connectivity index (χ2n) is 5.42. The first kappa shape index (κ1) is 14.4. The molecule has 0 bridgehead atoms. The first-order valence-corrected chi connectivity index (χ1v) is 8.03. The minimum Gasteiger partial charge on any atom is -0.393 e. The SMILES string of the molecule is OC1CCC(Nc2nnc(Cc3ccccc3F)s2)CC1. The van der Waals surface area contributed by atoms with Gasteiger partial charge in [-0.3, -0.25) is 0 Å². The third-order valence-corrected chi connectivity index (χ3v) is 4.65. The number of halogens is 1. The predicted molar refractivity (Wildman–Crippen MR) is 81.0 cm³/mol. The van der Waals surface area contributed by atoms with Crippen LogP contribution in [0.25, 0.3) is 0 Å². The number of nitrogens with one attached hydrogen (secondary N) is 1. The molecule has 1 aromatic carbocycles. The number of hydrogen-bond acceptors (Lipinski definition) is 5. The Balaban J connectivity index is 1.60. The summed E-state index contributed by atoms with van der Waals surface area (Å²) < 4.78 is 13.6. The molecule has 6 heteroatoms. The lowest BCUT2D eigenvalue weighted by atomic mass is 9.93. The van der Waals surface area contributed by atoms with E-state index in [1.54, 1.807) is 12.1 Å². The van der Waals surface area contributed by atoms with Crippen molar-refractivity contribution >= 4 is 16.5 Å². The fourth-order valence-corrected chi connectivity index (χ4v) is 3.42. The molecule has 0 aliphatic heterocycles. The summed E-state index contributed by atoms with van der Waals surface area (Å²) >= 11 is 1.47. The van der Waals surface area contributed by atoms with E-state index in [2.05, 4.69) is 15.5 Å². The van der Waals surface area contributed by atoms with Gasteiger partial charge in [-0.05, 0) is 37.3 Å². The average molecular weight is 307 g/mol. The van der Waals surface area contributed by atoms with Gasteiger partial charge in [0.25, 0.3) is 0 Å². The van der Waals surface area contributed by atoms with Crippen molar-refractivity contribution in [2.24, 2.45) is 0 Å². The van der Waals surface area contributed by atoms with Crippen LogP contribution in [0.5, 0.6) is 0 Å². The Bertz CT molecular complexity index is 596. The van der Waals surface area contributed by atoms with E-state index in [1.165, 1.54) is 17.4 Å². The van der Waals surface area contributed by atoms with Gasteiger partial charge in [0, 0.05) is 12.5 Å². The first-order valence-electron chi connectivity index (χ1n) is 7.21. The number of benzene rings is 1. The number of anilines is 1. The van der Waals surface area contributed by atoms with E-state index in [4.69, 9.17) is 0 Å². The lowest BCUT2D eigenvalue weighted by Crippen LogP contribution is -2.28. The van der Waals surface area contributed by atoms with Crippen LogP contribution in [0, 0.1) is 5.82 Å². The smallest absolute Gasteiger partial charge is 0.205 e. The summed E-state index contributed by atoms with van der Waals surface area (Å²) in [5, 5.41) is 22.7. The minimum atomic E-state index is -0.205. The standard InChI is InChI=1S/C15H18FN3OS/c16-13-4-2-1-3-10(13)9-14-18-19-15(21-14)17-11-5-7-12(20)8-6-11/h1-4,11-12,20H,5-9H2,(H,17,19). The van der Waals surface area contributed by atoms with E-state index in [0.717, 1.165) is 35.8 Å². The van der Waals surface area contributed by atoms with Crippen molar-refractivity contribution in [2.45, 2.75) is 44.2 Å². The molecular formula is C15H18FN3OS. The summed E-state index contributed by atoms with van der Waals surface area (Å²) in [6.45, 7) is 0. The highest BCUT2D eigenvalue weighted by Gasteiger charge is 2.20. The molecule has 1 fully saturated rings. The summed E-state index contributed by atoms with van der Waals surface area (Å²) in [5.74, 6) is -0.205. The molecule has 0 unspecified atom stereocenters. The number of aliphatic hydroxyl groups is 1. The fraction of sp³-hybridized carbons (Fsp3) is 0.467. The highest BCUT2D eigenvalue weighted by molar-refractivity contribution is 7.15. The monoisotopic (exact) mass is 307 g/mol. The summed E-state index contributed by atoms with van der Waals surface area (Å²) in [5.41, 5.74) is 0.640. The Kier molecular flexibility index (Phi) is 4.45. The van der Waals surface area contributed by atoms with E-state index in [-0.39, 0.29) is 11.9 Å². The molecule has 2 N–H and O–H groups in total. The zero-order chi connectivity index (χ0) is 14.7. The van der Waals surface area contributed by atoms with Crippen molar-refractivity contribution in [1.29, 1.82) is 0 Å². The van der Waals surface area contributed by atoms with Gasteiger partial charge in [0.1, 0.15) is 10.8 Å². The van der Waals surface area contributed by atoms with E-state index in [1.807, 2.05) is 6.07 Å². The van der Waals surface area contributed by atoms with Crippen molar-refractivity contribution in [1.82, 2.24) is 10.2 Å². The van der Waals surface area contributed by atoms with Crippen LogP contribution in [0.2, 0.25) is 0 Å². The summed E-state index contributed by atoms with van der Waals surface area (Å²) in [6, 6.07) is 7.09. The van der Waals surface area contributed by atoms with Crippen LogP contribution in [-0.2, 0) is 6.42 Å². The predicted octanol–water partition coefficient (Wildman–Crippen LogP) is 2.98. The Hall–Kier alpha value is -1.53. The molecule has 1 aromatic heterocycles. The first-order chi connectivity index (χ1) is 10.2. The lowest BCUT2D eigenvalue weighted by Gasteiger charge is -2.25.